The van der Waals surface area contributed by atoms with Gasteiger partial charge in [-0.05, 0) is 52.9 Å². The fourth-order valence-electron chi connectivity index (χ4n) is 2.05. The Morgan fingerprint density at radius 1 is 1.25 bits per heavy atom. The molecule has 0 atom stereocenters. The Kier molecular flexibility index (Phi) is 3.49. The van der Waals surface area contributed by atoms with Gasteiger partial charge in [-0.15, -0.1) is 0 Å². The van der Waals surface area contributed by atoms with Gasteiger partial charge in [-0.1, -0.05) is 5.16 Å². The van der Waals surface area contributed by atoms with Gasteiger partial charge in [0, 0.05) is 10.0 Å². The van der Waals surface area contributed by atoms with Crippen LogP contribution in [-0.2, 0) is 11.3 Å². The number of fused-ring (bicyclic) bond motifs is 1. The van der Waals surface area contributed by atoms with E-state index < -0.39 is 0 Å². The molecule has 1 aromatic rings. The maximum Gasteiger partial charge on any atom is 0.120 e. The minimum Gasteiger partial charge on any atom is -0.497 e. The lowest BCUT2D eigenvalue weighted by atomic mass is 9.90. The second-order valence-electron chi connectivity index (χ2n) is 3.72. The Labute approximate surface area is 104 Å². The highest BCUT2D eigenvalue weighted by molar-refractivity contribution is 9.10. The first-order chi connectivity index (χ1) is 7.76. The van der Waals surface area contributed by atoms with Crippen LogP contribution in [-0.4, -0.2) is 19.9 Å². The first-order valence-electron chi connectivity index (χ1n) is 5.23. The van der Waals surface area contributed by atoms with Gasteiger partial charge in [0.15, 0.2) is 0 Å². The molecule has 0 bridgehead atoms. The van der Waals surface area contributed by atoms with Crippen LogP contribution in [0.4, 0.5) is 0 Å². The Hall–Kier alpha value is -1.03. The first-order valence-corrected chi connectivity index (χ1v) is 6.02. The lowest BCUT2D eigenvalue weighted by Crippen LogP contribution is -2.13. The Balaban J connectivity index is 2.52. The van der Waals surface area contributed by atoms with Crippen LogP contribution >= 0.6 is 15.9 Å². The van der Waals surface area contributed by atoms with Gasteiger partial charge in [0.1, 0.15) is 12.9 Å². The Morgan fingerprint density at radius 2 is 2.06 bits per heavy atom. The summed E-state index contributed by atoms with van der Waals surface area (Å²) in [5.74, 6) is 0.879. The van der Waals surface area contributed by atoms with Crippen molar-refractivity contribution in [1.82, 2.24) is 0 Å². The van der Waals surface area contributed by atoms with E-state index in [1.165, 1.54) is 5.56 Å². The Bertz CT molecular complexity index is 429. The van der Waals surface area contributed by atoms with Crippen LogP contribution < -0.4 is 4.74 Å². The van der Waals surface area contributed by atoms with Crippen LogP contribution in [0.3, 0.4) is 0 Å². The summed E-state index contributed by atoms with van der Waals surface area (Å²) in [5.41, 5.74) is 3.44. The number of halogens is 1. The molecule has 0 amide bonds. The molecular formula is C12H14BrNO2. The van der Waals surface area contributed by atoms with Crippen molar-refractivity contribution in [3.05, 3.63) is 27.7 Å². The summed E-state index contributed by atoms with van der Waals surface area (Å²) in [4.78, 5) is 4.89. The molecule has 0 fully saturated rings. The third kappa shape index (κ3) is 2.07. The smallest absolute Gasteiger partial charge is 0.120 e. The molecule has 0 N–H and O–H groups in total. The maximum atomic E-state index is 5.26. The van der Waals surface area contributed by atoms with Gasteiger partial charge in [-0.25, -0.2) is 0 Å². The van der Waals surface area contributed by atoms with Gasteiger partial charge < -0.3 is 9.57 Å². The first kappa shape index (κ1) is 11.5. The molecule has 4 heteroatoms. The minimum absolute atomic E-state index is 0.879. The average molecular weight is 284 g/mol. The largest absolute Gasteiger partial charge is 0.497 e. The molecule has 0 unspecified atom stereocenters. The summed E-state index contributed by atoms with van der Waals surface area (Å²) in [5, 5.41) is 4.09. The van der Waals surface area contributed by atoms with Crippen LogP contribution in [0, 0.1) is 0 Å². The van der Waals surface area contributed by atoms with Crippen molar-refractivity contribution in [1.29, 1.82) is 0 Å². The predicted octanol–water partition coefficient (Wildman–Crippen LogP) is 3.14. The van der Waals surface area contributed by atoms with Crippen molar-refractivity contribution in [2.24, 2.45) is 5.16 Å². The summed E-state index contributed by atoms with van der Waals surface area (Å²) in [7, 11) is 3.26. The lowest BCUT2D eigenvalue weighted by Gasteiger charge is -2.19. The van der Waals surface area contributed by atoms with Crippen molar-refractivity contribution in [2.75, 3.05) is 14.2 Å². The number of hydrogen-bond donors (Lipinski definition) is 0. The Morgan fingerprint density at radius 3 is 2.75 bits per heavy atom. The van der Waals surface area contributed by atoms with Crippen molar-refractivity contribution in [2.45, 2.75) is 19.3 Å². The molecule has 86 valence electrons. The molecule has 1 aliphatic carbocycles. The highest BCUT2D eigenvalue weighted by atomic mass is 79.9. The van der Waals surface area contributed by atoms with E-state index in [0.29, 0.717) is 0 Å². The molecule has 0 saturated carbocycles. The summed E-state index contributed by atoms with van der Waals surface area (Å²) < 4.78 is 6.28. The fraction of sp³-hybridized carbons (Fsp3) is 0.417. The molecule has 16 heavy (non-hydrogen) atoms. The summed E-state index contributed by atoms with van der Waals surface area (Å²) in [6.45, 7) is 0. The third-order valence-corrected chi connectivity index (χ3v) is 3.36. The molecule has 0 aromatic heterocycles. The standard InChI is InChI=1S/C12H14BrNO2/c1-15-9-6-8-4-3-5-11(14-16-2)12(8)10(13)7-9/h6-7H,3-5H2,1-2H3. The van der Waals surface area contributed by atoms with Gasteiger partial charge in [-0.3, -0.25) is 0 Å². The van der Waals surface area contributed by atoms with Gasteiger partial charge in [0.05, 0.1) is 12.8 Å². The highest BCUT2D eigenvalue weighted by Crippen LogP contribution is 2.32. The van der Waals surface area contributed by atoms with E-state index in [4.69, 9.17) is 9.57 Å². The number of rotatable bonds is 2. The molecule has 3 nitrogen and oxygen atoms in total. The third-order valence-electron chi connectivity index (χ3n) is 2.73. The van der Waals surface area contributed by atoms with E-state index in [1.54, 1.807) is 14.2 Å². The molecule has 0 saturated heterocycles. The molecule has 0 radical (unpaired) electrons. The predicted molar refractivity (Wildman–Crippen MR) is 67.2 cm³/mol. The lowest BCUT2D eigenvalue weighted by molar-refractivity contribution is 0.212. The van der Waals surface area contributed by atoms with Crippen LogP contribution in [0.2, 0.25) is 0 Å². The van der Waals surface area contributed by atoms with Crippen molar-refractivity contribution < 1.29 is 9.57 Å². The van der Waals surface area contributed by atoms with Gasteiger partial charge in [0.25, 0.3) is 0 Å². The molecule has 0 spiro atoms. The number of methoxy groups -OCH3 is 1. The normalized spacial score (nSPS) is 17.1. The SMILES string of the molecule is CON=C1CCCc2cc(OC)cc(Br)c21. The quantitative estimate of drug-likeness (QED) is 0.781. The second-order valence-corrected chi connectivity index (χ2v) is 4.57. The zero-order valence-corrected chi connectivity index (χ0v) is 11.0. The molecule has 1 aromatic carbocycles. The van der Waals surface area contributed by atoms with Crippen LogP contribution in [0.25, 0.3) is 0 Å². The van der Waals surface area contributed by atoms with Crippen molar-refractivity contribution >= 4 is 21.6 Å². The van der Waals surface area contributed by atoms with Gasteiger partial charge in [0.2, 0.25) is 0 Å². The zero-order valence-electron chi connectivity index (χ0n) is 9.42. The van der Waals surface area contributed by atoms with Crippen LogP contribution in [0.5, 0.6) is 5.75 Å². The van der Waals surface area contributed by atoms with Crippen molar-refractivity contribution in [3.8, 4) is 5.75 Å². The maximum absolute atomic E-state index is 5.26. The number of oxime groups is 1. The molecule has 2 rings (SSSR count). The van der Waals surface area contributed by atoms with E-state index in [0.717, 1.165) is 40.8 Å². The van der Waals surface area contributed by atoms with Crippen LogP contribution in [0.1, 0.15) is 24.0 Å². The zero-order chi connectivity index (χ0) is 11.5. The number of aryl methyl sites for hydroxylation is 1. The fourth-order valence-corrected chi connectivity index (χ4v) is 2.76. The molecular weight excluding hydrogens is 270 g/mol. The minimum atomic E-state index is 0.879. The number of benzene rings is 1. The second kappa shape index (κ2) is 4.87. The highest BCUT2D eigenvalue weighted by Gasteiger charge is 2.20. The topological polar surface area (TPSA) is 30.8 Å². The molecule has 0 aliphatic heterocycles. The number of ether oxygens (including phenoxy) is 1. The van der Waals surface area contributed by atoms with E-state index in [1.807, 2.05) is 6.07 Å². The van der Waals surface area contributed by atoms with E-state index in [-0.39, 0.29) is 0 Å². The number of nitrogens with zero attached hydrogens (tertiary/aromatic N) is 1. The van der Waals surface area contributed by atoms with E-state index in [9.17, 15) is 0 Å². The van der Waals surface area contributed by atoms with E-state index >= 15 is 0 Å². The monoisotopic (exact) mass is 283 g/mol. The van der Waals surface area contributed by atoms with E-state index in [2.05, 4.69) is 27.2 Å². The molecule has 1 aliphatic rings. The van der Waals surface area contributed by atoms with Crippen LogP contribution in [0.15, 0.2) is 21.8 Å². The summed E-state index contributed by atoms with van der Waals surface area (Å²) in [6, 6.07) is 4.04. The summed E-state index contributed by atoms with van der Waals surface area (Å²) >= 11 is 3.57. The summed E-state index contributed by atoms with van der Waals surface area (Å²) in [6.07, 6.45) is 3.13. The molecule has 0 heterocycles. The number of hydrogen-bond acceptors (Lipinski definition) is 3. The average Bonchev–Trinajstić information content (AvgIpc) is 2.29. The van der Waals surface area contributed by atoms with Gasteiger partial charge >= 0.3 is 0 Å². The van der Waals surface area contributed by atoms with Crippen molar-refractivity contribution in [3.63, 3.8) is 0 Å². The van der Waals surface area contributed by atoms with Gasteiger partial charge in [-0.2, -0.15) is 0 Å².